The van der Waals surface area contributed by atoms with Crippen LogP contribution in [0, 0.1) is 10.1 Å². The Hall–Kier alpha value is -3.75. The topological polar surface area (TPSA) is 113 Å². The molecule has 2 heterocycles. The summed E-state index contributed by atoms with van der Waals surface area (Å²) in [5.41, 5.74) is 5.37. The number of fused-ring (bicyclic) bond motifs is 1. The predicted octanol–water partition coefficient (Wildman–Crippen LogP) is 3.29. The quantitative estimate of drug-likeness (QED) is 0.506. The van der Waals surface area contributed by atoms with Crippen molar-refractivity contribution in [2.45, 2.75) is 19.3 Å². The summed E-state index contributed by atoms with van der Waals surface area (Å²) >= 11 is 0. The van der Waals surface area contributed by atoms with E-state index in [-0.39, 0.29) is 17.3 Å². The van der Waals surface area contributed by atoms with Gasteiger partial charge in [0.2, 0.25) is 11.6 Å². The van der Waals surface area contributed by atoms with Crippen LogP contribution in [0.4, 0.5) is 17.3 Å². The standard InChI is InChI=1S/C20H20N6O3/c27-20(16-10-6-8-14-7-2-3-9-15(14)16)24-23-18-17(26(28)29)19(22-13-21-18)25-11-4-1-5-12-25/h2-3,6-10,13H,1,4-5,11-12H2,(H,24,27)(H,21,22,23). The van der Waals surface area contributed by atoms with E-state index < -0.39 is 10.8 Å². The molecule has 1 amide bonds. The van der Waals surface area contributed by atoms with Gasteiger partial charge in [0, 0.05) is 18.7 Å². The number of hydrogen-bond donors (Lipinski definition) is 2. The molecule has 0 bridgehead atoms. The predicted molar refractivity (Wildman–Crippen MR) is 110 cm³/mol. The molecule has 1 aliphatic rings. The third kappa shape index (κ3) is 3.79. The van der Waals surface area contributed by atoms with Crippen LogP contribution in [0.15, 0.2) is 48.8 Å². The molecule has 0 atom stereocenters. The summed E-state index contributed by atoms with van der Waals surface area (Å²) in [6.07, 6.45) is 4.29. The number of carbonyl (C=O) groups excluding carboxylic acids is 1. The van der Waals surface area contributed by atoms with E-state index in [0.29, 0.717) is 18.7 Å². The maximum absolute atomic E-state index is 12.7. The largest absolute Gasteiger partial charge is 0.355 e. The van der Waals surface area contributed by atoms with Crippen LogP contribution in [-0.2, 0) is 0 Å². The van der Waals surface area contributed by atoms with Gasteiger partial charge in [-0.3, -0.25) is 25.8 Å². The number of nitrogens with zero attached hydrogens (tertiary/aromatic N) is 4. The van der Waals surface area contributed by atoms with Gasteiger partial charge in [0.15, 0.2) is 0 Å². The zero-order chi connectivity index (χ0) is 20.2. The Balaban J connectivity index is 1.59. The van der Waals surface area contributed by atoms with Crippen molar-refractivity contribution in [1.82, 2.24) is 15.4 Å². The number of aromatic nitrogens is 2. The van der Waals surface area contributed by atoms with Crippen molar-refractivity contribution in [2.75, 3.05) is 23.4 Å². The minimum Gasteiger partial charge on any atom is -0.351 e. The highest BCUT2D eigenvalue weighted by atomic mass is 16.6. The first-order chi connectivity index (χ1) is 14.1. The van der Waals surface area contributed by atoms with Crippen molar-refractivity contribution in [3.63, 3.8) is 0 Å². The van der Waals surface area contributed by atoms with Gasteiger partial charge in [-0.1, -0.05) is 36.4 Å². The lowest BCUT2D eigenvalue weighted by Crippen LogP contribution is -2.33. The summed E-state index contributed by atoms with van der Waals surface area (Å²) in [6, 6.07) is 12.9. The third-order valence-electron chi connectivity index (χ3n) is 4.97. The van der Waals surface area contributed by atoms with Gasteiger partial charge in [0.25, 0.3) is 5.91 Å². The third-order valence-corrected chi connectivity index (χ3v) is 4.97. The molecule has 3 aromatic rings. The molecular weight excluding hydrogens is 372 g/mol. The summed E-state index contributed by atoms with van der Waals surface area (Å²) in [5, 5.41) is 13.4. The molecule has 4 rings (SSSR count). The fraction of sp³-hybridized carbons (Fsp3) is 0.250. The fourth-order valence-corrected chi connectivity index (χ4v) is 3.57. The molecule has 2 N–H and O–H groups in total. The van der Waals surface area contributed by atoms with E-state index in [0.717, 1.165) is 30.0 Å². The second-order valence-corrected chi connectivity index (χ2v) is 6.81. The molecule has 1 fully saturated rings. The van der Waals surface area contributed by atoms with Crippen LogP contribution in [0.3, 0.4) is 0 Å². The Labute approximate surface area is 166 Å². The zero-order valence-corrected chi connectivity index (χ0v) is 15.7. The van der Waals surface area contributed by atoms with Gasteiger partial charge in [-0.2, -0.15) is 0 Å². The highest BCUT2D eigenvalue weighted by Crippen LogP contribution is 2.32. The molecule has 0 radical (unpaired) electrons. The van der Waals surface area contributed by atoms with E-state index >= 15 is 0 Å². The smallest absolute Gasteiger partial charge is 0.351 e. The summed E-state index contributed by atoms with van der Waals surface area (Å²) in [6.45, 7) is 1.42. The van der Waals surface area contributed by atoms with Gasteiger partial charge in [-0.25, -0.2) is 9.97 Å². The second-order valence-electron chi connectivity index (χ2n) is 6.81. The Morgan fingerprint density at radius 3 is 2.59 bits per heavy atom. The van der Waals surface area contributed by atoms with E-state index in [9.17, 15) is 14.9 Å². The fourth-order valence-electron chi connectivity index (χ4n) is 3.57. The van der Waals surface area contributed by atoms with Crippen LogP contribution in [0.2, 0.25) is 0 Å². The monoisotopic (exact) mass is 392 g/mol. The summed E-state index contributed by atoms with van der Waals surface area (Å²) < 4.78 is 0. The first kappa shape index (κ1) is 18.6. The van der Waals surface area contributed by atoms with Gasteiger partial charge < -0.3 is 4.90 Å². The van der Waals surface area contributed by atoms with Crippen LogP contribution in [0.25, 0.3) is 10.8 Å². The van der Waals surface area contributed by atoms with Crippen LogP contribution in [0.5, 0.6) is 0 Å². The van der Waals surface area contributed by atoms with Crippen molar-refractivity contribution >= 4 is 34.0 Å². The lowest BCUT2D eigenvalue weighted by Gasteiger charge is -2.27. The normalized spacial score (nSPS) is 13.9. The molecule has 2 aromatic carbocycles. The second kappa shape index (κ2) is 8.09. The molecule has 1 aromatic heterocycles. The van der Waals surface area contributed by atoms with Gasteiger partial charge in [0.1, 0.15) is 6.33 Å². The number of nitrogens with one attached hydrogen (secondary N) is 2. The molecule has 148 valence electrons. The Morgan fingerprint density at radius 2 is 1.79 bits per heavy atom. The lowest BCUT2D eigenvalue weighted by molar-refractivity contribution is -0.383. The van der Waals surface area contributed by atoms with Gasteiger partial charge >= 0.3 is 5.69 Å². The first-order valence-corrected chi connectivity index (χ1v) is 9.43. The average Bonchev–Trinajstić information content (AvgIpc) is 2.77. The number of piperidine rings is 1. The van der Waals surface area contributed by atoms with Crippen LogP contribution < -0.4 is 15.8 Å². The molecular formula is C20H20N6O3. The highest BCUT2D eigenvalue weighted by molar-refractivity contribution is 6.07. The van der Waals surface area contributed by atoms with E-state index in [1.54, 1.807) is 12.1 Å². The SMILES string of the molecule is O=C(NNc1ncnc(N2CCCCC2)c1[N+](=O)[O-])c1cccc2ccccc12. The van der Waals surface area contributed by atoms with Gasteiger partial charge in [-0.15, -0.1) is 0 Å². The summed E-state index contributed by atoms with van der Waals surface area (Å²) in [5.74, 6) is -0.181. The number of nitro groups is 1. The van der Waals surface area contributed by atoms with Gasteiger partial charge in [0.05, 0.1) is 4.92 Å². The maximum Gasteiger partial charge on any atom is 0.355 e. The van der Waals surface area contributed by atoms with Crippen molar-refractivity contribution in [3.8, 4) is 0 Å². The van der Waals surface area contributed by atoms with E-state index in [2.05, 4.69) is 20.8 Å². The van der Waals surface area contributed by atoms with E-state index in [1.165, 1.54) is 6.33 Å². The van der Waals surface area contributed by atoms with Crippen LogP contribution >= 0.6 is 0 Å². The maximum atomic E-state index is 12.7. The van der Waals surface area contributed by atoms with Crippen molar-refractivity contribution in [3.05, 3.63) is 64.5 Å². The molecule has 0 saturated carbocycles. The molecule has 1 aliphatic heterocycles. The molecule has 1 saturated heterocycles. The molecule has 0 spiro atoms. The highest BCUT2D eigenvalue weighted by Gasteiger charge is 2.28. The molecule has 0 aliphatic carbocycles. The number of anilines is 2. The minimum atomic E-state index is -0.518. The molecule has 29 heavy (non-hydrogen) atoms. The zero-order valence-electron chi connectivity index (χ0n) is 15.7. The molecule has 9 nitrogen and oxygen atoms in total. The molecule has 0 unspecified atom stereocenters. The first-order valence-electron chi connectivity index (χ1n) is 9.43. The number of hydrazine groups is 1. The Morgan fingerprint density at radius 1 is 1.03 bits per heavy atom. The number of rotatable bonds is 5. The number of carbonyl (C=O) groups is 1. The number of benzene rings is 2. The minimum absolute atomic E-state index is 0.0424. The average molecular weight is 392 g/mol. The Kier molecular flexibility index (Phi) is 5.19. The van der Waals surface area contributed by atoms with Crippen molar-refractivity contribution < 1.29 is 9.72 Å². The van der Waals surface area contributed by atoms with Crippen LogP contribution in [0.1, 0.15) is 29.6 Å². The van der Waals surface area contributed by atoms with Gasteiger partial charge in [-0.05, 0) is 36.1 Å². The lowest BCUT2D eigenvalue weighted by atomic mass is 10.0. The molecule has 9 heteroatoms. The van der Waals surface area contributed by atoms with E-state index in [4.69, 9.17) is 0 Å². The Bertz CT molecular complexity index is 1060. The summed E-state index contributed by atoms with van der Waals surface area (Å²) in [4.78, 5) is 33.9. The van der Waals surface area contributed by atoms with Crippen molar-refractivity contribution in [1.29, 1.82) is 0 Å². The van der Waals surface area contributed by atoms with Crippen LogP contribution in [-0.4, -0.2) is 33.9 Å². The van der Waals surface area contributed by atoms with E-state index in [1.807, 2.05) is 35.2 Å². The number of hydrogen-bond acceptors (Lipinski definition) is 7. The summed E-state index contributed by atoms with van der Waals surface area (Å²) in [7, 11) is 0. The number of amides is 1. The van der Waals surface area contributed by atoms with Crippen molar-refractivity contribution in [2.24, 2.45) is 0 Å².